The van der Waals surface area contributed by atoms with Crippen molar-refractivity contribution in [1.82, 2.24) is 9.97 Å². The zero-order valence-electron chi connectivity index (χ0n) is 13.7. The van der Waals surface area contributed by atoms with Gasteiger partial charge in [0.15, 0.2) is 0 Å². The highest BCUT2D eigenvalue weighted by atomic mass is 35.5. The molecule has 1 atom stereocenters. The van der Waals surface area contributed by atoms with Gasteiger partial charge in [0.25, 0.3) is 0 Å². The van der Waals surface area contributed by atoms with E-state index in [4.69, 9.17) is 11.6 Å². The highest BCUT2D eigenvalue weighted by Gasteiger charge is 2.17. The summed E-state index contributed by atoms with van der Waals surface area (Å²) >= 11 is 6.00. The smallest absolute Gasteiger partial charge is 0.140 e. The van der Waals surface area contributed by atoms with E-state index < -0.39 is 6.10 Å². The van der Waals surface area contributed by atoms with E-state index in [1.54, 1.807) is 12.3 Å². The monoisotopic (exact) mass is 348 g/mol. The predicted molar refractivity (Wildman–Crippen MR) is 102 cm³/mol. The van der Waals surface area contributed by atoms with E-state index in [0.717, 1.165) is 27.8 Å². The summed E-state index contributed by atoms with van der Waals surface area (Å²) in [5.74, 6) is 0.522. The van der Waals surface area contributed by atoms with Gasteiger partial charge >= 0.3 is 0 Å². The maximum absolute atomic E-state index is 10.7. The van der Waals surface area contributed by atoms with Crippen LogP contribution in [-0.2, 0) is 0 Å². The molecular weight excluding hydrogens is 332 g/mol. The van der Waals surface area contributed by atoms with Gasteiger partial charge in [0, 0.05) is 10.6 Å². The summed E-state index contributed by atoms with van der Waals surface area (Å²) in [6, 6.07) is 19.8. The minimum atomic E-state index is -0.819. The van der Waals surface area contributed by atoms with Gasteiger partial charge in [-0.15, -0.1) is 0 Å². The van der Waals surface area contributed by atoms with Crippen molar-refractivity contribution < 1.29 is 5.11 Å². The minimum Gasteiger partial charge on any atom is -0.380 e. The van der Waals surface area contributed by atoms with Crippen LogP contribution in [0.15, 0.2) is 66.9 Å². The maximum atomic E-state index is 10.7. The molecule has 3 aromatic carbocycles. The van der Waals surface area contributed by atoms with Gasteiger partial charge in [-0.2, -0.15) is 0 Å². The summed E-state index contributed by atoms with van der Waals surface area (Å²) < 4.78 is 0. The number of nitrogens with one attached hydrogen (secondary N) is 1. The number of hydrogen-bond acceptors (Lipinski definition) is 2. The number of benzene rings is 3. The molecule has 0 aliphatic heterocycles. The lowest BCUT2D eigenvalue weighted by Gasteiger charge is -2.12. The van der Waals surface area contributed by atoms with Crippen LogP contribution in [-0.4, -0.2) is 15.1 Å². The lowest BCUT2D eigenvalue weighted by Crippen LogP contribution is -2.04. The van der Waals surface area contributed by atoms with E-state index in [9.17, 15) is 5.11 Å². The highest BCUT2D eigenvalue weighted by Crippen LogP contribution is 2.30. The van der Waals surface area contributed by atoms with Gasteiger partial charge in [-0.1, -0.05) is 60.1 Å². The number of aromatic nitrogens is 2. The number of imidazole rings is 1. The molecule has 1 aromatic heterocycles. The third kappa shape index (κ3) is 2.93. The van der Waals surface area contributed by atoms with Crippen LogP contribution in [0.4, 0.5) is 0 Å². The number of aromatic amines is 1. The summed E-state index contributed by atoms with van der Waals surface area (Å²) in [6.07, 6.45) is 0.951. The Kier molecular flexibility index (Phi) is 4.04. The number of nitrogens with zero attached hydrogens (tertiary/aromatic N) is 1. The molecule has 0 amide bonds. The molecule has 4 aromatic rings. The molecular formula is C21H17ClN2O. The molecule has 0 aliphatic rings. The highest BCUT2D eigenvalue weighted by molar-refractivity contribution is 6.30. The van der Waals surface area contributed by atoms with Crippen LogP contribution in [0.3, 0.4) is 0 Å². The van der Waals surface area contributed by atoms with E-state index in [-0.39, 0.29) is 0 Å². The summed E-state index contributed by atoms with van der Waals surface area (Å²) in [6.45, 7) is 1.93. The number of aliphatic hydroxyl groups excluding tert-OH is 1. The molecule has 0 bridgehead atoms. The summed E-state index contributed by atoms with van der Waals surface area (Å²) in [5, 5.41) is 13.7. The number of fused-ring (bicyclic) bond motifs is 1. The summed E-state index contributed by atoms with van der Waals surface area (Å²) in [4.78, 5) is 7.67. The second-order valence-corrected chi connectivity index (χ2v) is 6.55. The average Bonchev–Trinajstić information content (AvgIpc) is 3.10. The first-order valence-corrected chi connectivity index (χ1v) is 8.48. The van der Waals surface area contributed by atoms with Crippen LogP contribution in [0.1, 0.15) is 23.1 Å². The van der Waals surface area contributed by atoms with Crippen molar-refractivity contribution in [2.24, 2.45) is 0 Å². The Labute approximate surface area is 150 Å². The van der Waals surface area contributed by atoms with Gasteiger partial charge in [0.1, 0.15) is 11.9 Å². The largest absolute Gasteiger partial charge is 0.380 e. The zero-order chi connectivity index (χ0) is 17.4. The predicted octanol–water partition coefficient (Wildman–Crippen LogP) is 5.27. The lowest BCUT2D eigenvalue weighted by atomic mass is 10.0. The van der Waals surface area contributed by atoms with E-state index in [1.165, 1.54) is 5.39 Å². The average molecular weight is 349 g/mol. The first-order valence-electron chi connectivity index (χ1n) is 8.10. The van der Waals surface area contributed by atoms with Crippen LogP contribution in [0, 0.1) is 6.92 Å². The van der Waals surface area contributed by atoms with Crippen molar-refractivity contribution >= 4 is 22.4 Å². The molecule has 4 rings (SSSR count). The molecule has 0 spiro atoms. The standard InChI is InChI=1S/C21H17ClN2O/c1-13-11-15(22)9-10-16(13)20(25)21-23-12-19(24-21)18-8-4-6-14-5-2-3-7-17(14)18/h2-12,20,25H,1H3,(H,23,24). The number of rotatable bonds is 3. The molecule has 0 saturated carbocycles. The Morgan fingerprint density at radius 2 is 1.84 bits per heavy atom. The van der Waals surface area contributed by atoms with Crippen molar-refractivity contribution in [1.29, 1.82) is 0 Å². The van der Waals surface area contributed by atoms with E-state index >= 15 is 0 Å². The van der Waals surface area contributed by atoms with Crippen LogP contribution in [0.2, 0.25) is 5.02 Å². The fourth-order valence-corrected chi connectivity index (χ4v) is 3.39. The van der Waals surface area contributed by atoms with Crippen LogP contribution in [0.25, 0.3) is 22.0 Å². The number of hydrogen-bond donors (Lipinski definition) is 2. The topological polar surface area (TPSA) is 48.9 Å². The number of halogens is 1. The Morgan fingerprint density at radius 1 is 1.04 bits per heavy atom. The van der Waals surface area contributed by atoms with Gasteiger partial charge < -0.3 is 10.1 Å². The second kappa shape index (κ2) is 6.36. The van der Waals surface area contributed by atoms with Crippen molar-refractivity contribution in [2.75, 3.05) is 0 Å². The van der Waals surface area contributed by atoms with Crippen LogP contribution < -0.4 is 0 Å². The third-order valence-electron chi connectivity index (χ3n) is 4.46. The Morgan fingerprint density at radius 3 is 2.68 bits per heavy atom. The molecule has 0 saturated heterocycles. The van der Waals surface area contributed by atoms with Crippen molar-refractivity contribution in [3.05, 3.63) is 88.8 Å². The molecule has 4 heteroatoms. The SMILES string of the molecule is Cc1cc(Cl)ccc1C(O)c1ncc(-c2cccc3ccccc23)[nH]1. The maximum Gasteiger partial charge on any atom is 0.140 e. The number of aryl methyl sites for hydroxylation is 1. The van der Waals surface area contributed by atoms with Gasteiger partial charge in [-0.3, -0.25) is 0 Å². The van der Waals surface area contributed by atoms with E-state index in [1.807, 2.05) is 37.3 Å². The van der Waals surface area contributed by atoms with Crippen molar-refractivity contribution in [3.63, 3.8) is 0 Å². The van der Waals surface area contributed by atoms with Gasteiger partial charge in [0.05, 0.1) is 11.9 Å². The van der Waals surface area contributed by atoms with Gasteiger partial charge in [0.2, 0.25) is 0 Å². The molecule has 0 aliphatic carbocycles. The van der Waals surface area contributed by atoms with Crippen molar-refractivity contribution in [3.8, 4) is 11.3 Å². The molecule has 1 unspecified atom stereocenters. The van der Waals surface area contributed by atoms with Crippen molar-refractivity contribution in [2.45, 2.75) is 13.0 Å². The normalized spacial score (nSPS) is 12.4. The molecule has 3 nitrogen and oxygen atoms in total. The fourth-order valence-electron chi connectivity index (χ4n) is 3.17. The molecule has 25 heavy (non-hydrogen) atoms. The molecule has 2 N–H and O–H groups in total. The third-order valence-corrected chi connectivity index (χ3v) is 4.70. The Bertz CT molecular complexity index is 1050. The molecule has 1 heterocycles. The zero-order valence-corrected chi connectivity index (χ0v) is 14.5. The van der Waals surface area contributed by atoms with E-state index in [0.29, 0.717) is 10.8 Å². The Balaban J connectivity index is 1.74. The lowest BCUT2D eigenvalue weighted by molar-refractivity contribution is 0.210. The molecule has 0 radical (unpaired) electrons. The number of aliphatic hydroxyl groups is 1. The molecule has 124 valence electrons. The summed E-state index contributed by atoms with van der Waals surface area (Å²) in [7, 11) is 0. The first kappa shape index (κ1) is 15.9. The van der Waals surface area contributed by atoms with E-state index in [2.05, 4.69) is 34.2 Å². The van der Waals surface area contributed by atoms with Crippen LogP contribution >= 0.6 is 11.6 Å². The Hall–Kier alpha value is -2.62. The number of H-pyrrole nitrogens is 1. The molecule has 0 fully saturated rings. The van der Waals surface area contributed by atoms with Gasteiger partial charge in [-0.25, -0.2) is 4.98 Å². The summed E-state index contributed by atoms with van der Waals surface area (Å²) in [5.41, 5.74) is 3.68. The van der Waals surface area contributed by atoms with Crippen LogP contribution in [0.5, 0.6) is 0 Å². The second-order valence-electron chi connectivity index (χ2n) is 6.11. The quantitative estimate of drug-likeness (QED) is 0.529. The fraction of sp³-hybridized carbons (Fsp3) is 0.0952. The first-order chi connectivity index (χ1) is 12.1. The minimum absolute atomic E-state index is 0.522. The van der Waals surface area contributed by atoms with Gasteiger partial charge in [-0.05, 0) is 41.0 Å².